The number of nitrogens with one attached hydrogen (secondary N) is 1. The van der Waals surface area contributed by atoms with Gasteiger partial charge in [-0.3, -0.25) is 0 Å². The Morgan fingerprint density at radius 1 is 1.31 bits per heavy atom. The Morgan fingerprint density at radius 3 is 2.75 bits per heavy atom. The van der Waals surface area contributed by atoms with Gasteiger partial charge in [0.1, 0.15) is 11.6 Å². The number of aryl methyl sites for hydroxylation is 1. The third-order valence-corrected chi connectivity index (χ3v) is 2.72. The van der Waals surface area contributed by atoms with Crippen molar-refractivity contribution in [2.24, 2.45) is 0 Å². The van der Waals surface area contributed by atoms with Crippen LogP contribution in [0.25, 0.3) is 0 Å². The van der Waals surface area contributed by atoms with E-state index in [0.717, 1.165) is 11.3 Å². The second-order valence-electron chi connectivity index (χ2n) is 3.49. The summed E-state index contributed by atoms with van der Waals surface area (Å²) in [5, 5.41) is 3.02. The molecule has 1 heterocycles. The zero-order chi connectivity index (χ0) is 11.5. The molecule has 0 fully saturated rings. The van der Waals surface area contributed by atoms with E-state index in [1.807, 2.05) is 25.1 Å². The zero-order valence-electron chi connectivity index (χ0n) is 8.76. The lowest BCUT2D eigenvalue weighted by Crippen LogP contribution is -2.02. The first-order valence-electron chi connectivity index (χ1n) is 4.90. The summed E-state index contributed by atoms with van der Waals surface area (Å²) < 4.78 is 19.4. The van der Waals surface area contributed by atoms with Crippen LogP contribution in [0.15, 0.2) is 39.4 Å². The van der Waals surface area contributed by atoms with Crippen molar-refractivity contribution in [1.29, 1.82) is 0 Å². The Kier molecular flexibility index (Phi) is 3.29. The van der Waals surface area contributed by atoms with E-state index in [4.69, 9.17) is 4.42 Å². The maximum absolute atomic E-state index is 13.5. The van der Waals surface area contributed by atoms with Crippen molar-refractivity contribution < 1.29 is 8.81 Å². The minimum atomic E-state index is -0.245. The molecule has 16 heavy (non-hydrogen) atoms. The third kappa shape index (κ3) is 2.44. The molecule has 0 aliphatic carbocycles. The fourth-order valence-electron chi connectivity index (χ4n) is 1.48. The highest BCUT2D eigenvalue weighted by Gasteiger charge is 2.05. The van der Waals surface area contributed by atoms with Crippen molar-refractivity contribution >= 4 is 21.6 Å². The second kappa shape index (κ2) is 4.70. The van der Waals surface area contributed by atoms with E-state index in [1.165, 1.54) is 6.07 Å². The van der Waals surface area contributed by atoms with E-state index in [0.29, 0.717) is 16.9 Å². The summed E-state index contributed by atoms with van der Waals surface area (Å²) in [6, 6.07) is 8.65. The third-order valence-electron chi connectivity index (χ3n) is 2.29. The van der Waals surface area contributed by atoms with Crippen molar-refractivity contribution in [2.45, 2.75) is 13.5 Å². The smallest absolute Gasteiger partial charge is 0.169 e. The zero-order valence-corrected chi connectivity index (χ0v) is 10.3. The van der Waals surface area contributed by atoms with Crippen LogP contribution < -0.4 is 5.32 Å². The molecule has 0 atom stereocenters. The summed E-state index contributed by atoms with van der Waals surface area (Å²) in [5.74, 6) is 0.514. The van der Waals surface area contributed by atoms with E-state index in [1.54, 1.807) is 6.07 Å². The SMILES string of the molecule is Cc1cccc(F)c1NCc1ccc(Br)o1. The van der Waals surface area contributed by atoms with Gasteiger partial charge in [0.2, 0.25) is 0 Å². The van der Waals surface area contributed by atoms with Crippen LogP contribution in [0.1, 0.15) is 11.3 Å². The highest BCUT2D eigenvalue weighted by molar-refractivity contribution is 9.10. The van der Waals surface area contributed by atoms with Crippen LogP contribution in [0.2, 0.25) is 0 Å². The van der Waals surface area contributed by atoms with Gasteiger partial charge >= 0.3 is 0 Å². The van der Waals surface area contributed by atoms with Crippen molar-refractivity contribution in [3.8, 4) is 0 Å². The van der Waals surface area contributed by atoms with Gasteiger partial charge in [-0.15, -0.1) is 0 Å². The molecule has 0 radical (unpaired) electrons. The number of para-hydroxylation sites is 1. The Bertz CT molecular complexity index is 475. The first kappa shape index (κ1) is 11.2. The van der Waals surface area contributed by atoms with Crippen LogP contribution in [0.4, 0.5) is 10.1 Å². The molecule has 0 aliphatic rings. The first-order chi connectivity index (χ1) is 7.66. The molecule has 4 heteroatoms. The number of benzene rings is 1. The number of furan rings is 1. The van der Waals surface area contributed by atoms with Gasteiger partial charge in [-0.1, -0.05) is 12.1 Å². The monoisotopic (exact) mass is 283 g/mol. The van der Waals surface area contributed by atoms with Gasteiger partial charge in [-0.05, 0) is 46.6 Å². The molecular weight excluding hydrogens is 273 g/mol. The van der Waals surface area contributed by atoms with Crippen molar-refractivity contribution in [3.05, 3.63) is 52.1 Å². The summed E-state index contributed by atoms with van der Waals surface area (Å²) in [4.78, 5) is 0. The highest BCUT2D eigenvalue weighted by atomic mass is 79.9. The van der Waals surface area contributed by atoms with Gasteiger partial charge in [0.25, 0.3) is 0 Å². The Labute approximate surface area is 102 Å². The predicted octanol–water partition coefficient (Wildman–Crippen LogP) is 4.10. The van der Waals surface area contributed by atoms with E-state index < -0.39 is 0 Å². The highest BCUT2D eigenvalue weighted by Crippen LogP contribution is 2.20. The standard InChI is InChI=1S/C12H11BrFNO/c1-8-3-2-4-10(14)12(8)15-7-9-5-6-11(13)16-9/h2-6,15H,7H2,1H3. The molecule has 2 nitrogen and oxygen atoms in total. The van der Waals surface area contributed by atoms with E-state index in [-0.39, 0.29) is 5.82 Å². The molecule has 84 valence electrons. The molecule has 0 saturated heterocycles. The van der Waals surface area contributed by atoms with Crippen LogP contribution in [0, 0.1) is 12.7 Å². The van der Waals surface area contributed by atoms with Gasteiger partial charge in [0.05, 0.1) is 12.2 Å². The first-order valence-corrected chi connectivity index (χ1v) is 5.69. The summed E-state index contributed by atoms with van der Waals surface area (Å²) >= 11 is 3.22. The van der Waals surface area contributed by atoms with Crippen LogP contribution in [-0.4, -0.2) is 0 Å². The van der Waals surface area contributed by atoms with Crippen molar-refractivity contribution in [1.82, 2.24) is 0 Å². The summed E-state index contributed by atoms with van der Waals surface area (Å²) in [6.45, 7) is 2.33. The molecule has 1 aromatic heterocycles. The van der Waals surface area contributed by atoms with Crippen LogP contribution in [0.3, 0.4) is 0 Å². The van der Waals surface area contributed by atoms with Crippen molar-refractivity contribution in [2.75, 3.05) is 5.32 Å². The van der Waals surface area contributed by atoms with Crippen molar-refractivity contribution in [3.63, 3.8) is 0 Å². The average molecular weight is 284 g/mol. The Balaban J connectivity index is 2.10. The Morgan fingerprint density at radius 2 is 2.12 bits per heavy atom. The molecule has 1 N–H and O–H groups in total. The molecule has 0 aliphatic heterocycles. The quantitative estimate of drug-likeness (QED) is 0.917. The number of rotatable bonds is 3. The van der Waals surface area contributed by atoms with E-state index in [9.17, 15) is 4.39 Å². The molecule has 0 saturated carbocycles. The van der Waals surface area contributed by atoms with Gasteiger partial charge in [-0.2, -0.15) is 0 Å². The fourth-order valence-corrected chi connectivity index (χ4v) is 1.82. The van der Waals surface area contributed by atoms with Crippen LogP contribution in [-0.2, 0) is 6.54 Å². The molecule has 0 unspecified atom stereocenters. The maximum Gasteiger partial charge on any atom is 0.169 e. The Hall–Kier alpha value is -1.29. The molecule has 1 aromatic carbocycles. The lowest BCUT2D eigenvalue weighted by atomic mass is 10.2. The van der Waals surface area contributed by atoms with E-state index in [2.05, 4.69) is 21.2 Å². The van der Waals surface area contributed by atoms with E-state index >= 15 is 0 Å². The lowest BCUT2D eigenvalue weighted by molar-refractivity contribution is 0.495. The number of anilines is 1. The second-order valence-corrected chi connectivity index (χ2v) is 4.27. The molecule has 0 amide bonds. The average Bonchev–Trinajstić information content (AvgIpc) is 2.63. The number of hydrogen-bond donors (Lipinski definition) is 1. The molecular formula is C12H11BrFNO. The van der Waals surface area contributed by atoms with Gasteiger partial charge < -0.3 is 9.73 Å². The number of halogens is 2. The summed E-state index contributed by atoms with van der Waals surface area (Å²) in [5.41, 5.74) is 1.40. The van der Waals surface area contributed by atoms with Gasteiger partial charge in [0, 0.05) is 0 Å². The number of hydrogen-bond acceptors (Lipinski definition) is 2. The molecule has 2 aromatic rings. The van der Waals surface area contributed by atoms with Crippen LogP contribution >= 0.6 is 15.9 Å². The topological polar surface area (TPSA) is 25.2 Å². The van der Waals surface area contributed by atoms with Crippen LogP contribution in [0.5, 0.6) is 0 Å². The normalized spacial score (nSPS) is 10.4. The molecule has 2 rings (SSSR count). The molecule has 0 spiro atoms. The largest absolute Gasteiger partial charge is 0.452 e. The summed E-state index contributed by atoms with van der Waals surface area (Å²) in [7, 11) is 0. The minimum absolute atomic E-state index is 0.245. The van der Waals surface area contributed by atoms with Gasteiger partial charge in [0.15, 0.2) is 4.67 Å². The van der Waals surface area contributed by atoms with Gasteiger partial charge in [-0.25, -0.2) is 4.39 Å². The predicted molar refractivity (Wildman–Crippen MR) is 64.9 cm³/mol. The maximum atomic E-state index is 13.5. The summed E-state index contributed by atoms with van der Waals surface area (Å²) in [6.07, 6.45) is 0. The molecule has 0 bridgehead atoms. The fraction of sp³-hybridized carbons (Fsp3) is 0.167. The minimum Gasteiger partial charge on any atom is -0.452 e. The lowest BCUT2D eigenvalue weighted by Gasteiger charge is -2.08.